The number of ether oxygens (including phenoxy) is 1. The second-order valence-electron chi connectivity index (χ2n) is 9.82. The third-order valence-corrected chi connectivity index (χ3v) is 7.94. The van der Waals surface area contributed by atoms with E-state index in [1.165, 1.54) is 16.0 Å². The van der Waals surface area contributed by atoms with Crippen molar-refractivity contribution in [1.29, 1.82) is 0 Å². The van der Waals surface area contributed by atoms with E-state index in [2.05, 4.69) is 54.8 Å². The van der Waals surface area contributed by atoms with E-state index >= 15 is 0 Å². The van der Waals surface area contributed by atoms with Crippen LogP contribution in [0.15, 0.2) is 48.7 Å². The quantitative estimate of drug-likeness (QED) is 0.381. The molecule has 0 radical (unpaired) electrons. The fourth-order valence-corrected chi connectivity index (χ4v) is 5.94. The van der Waals surface area contributed by atoms with Crippen LogP contribution in [0.25, 0.3) is 10.4 Å². The molecule has 0 aliphatic carbocycles. The van der Waals surface area contributed by atoms with Gasteiger partial charge in [0.15, 0.2) is 5.13 Å². The predicted octanol–water partition coefficient (Wildman–Crippen LogP) is 5.68. The lowest BCUT2D eigenvalue weighted by Gasteiger charge is -2.44. The van der Waals surface area contributed by atoms with Crippen molar-refractivity contribution in [2.24, 2.45) is 0 Å². The molecule has 6 nitrogen and oxygen atoms in total. The highest BCUT2D eigenvalue weighted by Crippen LogP contribution is 2.33. The average Bonchev–Trinajstić information content (AvgIpc) is 3.33. The molecule has 1 aliphatic rings. The monoisotopic (exact) mass is 507 g/mol. The van der Waals surface area contributed by atoms with Crippen molar-refractivity contribution < 1.29 is 14.6 Å². The van der Waals surface area contributed by atoms with E-state index in [0.29, 0.717) is 18.7 Å². The van der Waals surface area contributed by atoms with Crippen LogP contribution < -0.4 is 9.64 Å². The van der Waals surface area contributed by atoms with Gasteiger partial charge in [0, 0.05) is 37.9 Å². The number of nitrogens with zero attached hydrogens (tertiary/aromatic N) is 3. The van der Waals surface area contributed by atoms with E-state index in [1.807, 2.05) is 31.3 Å². The number of rotatable bonds is 10. The Kier molecular flexibility index (Phi) is 8.64. The number of piperazine rings is 1. The van der Waals surface area contributed by atoms with Crippen LogP contribution in [0.4, 0.5) is 5.13 Å². The molecule has 2 aromatic carbocycles. The number of anilines is 1. The largest absolute Gasteiger partial charge is 0.492 e. The first-order chi connectivity index (χ1) is 17.3. The molecule has 1 fully saturated rings. The Morgan fingerprint density at radius 3 is 2.64 bits per heavy atom. The van der Waals surface area contributed by atoms with Crippen LogP contribution in [0, 0.1) is 6.92 Å². The van der Waals surface area contributed by atoms with E-state index in [9.17, 15) is 4.79 Å². The molecular formula is C29H37N3O3S. The van der Waals surface area contributed by atoms with Gasteiger partial charge in [-0.05, 0) is 55.5 Å². The van der Waals surface area contributed by atoms with Gasteiger partial charge in [0.05, 0.1) is 11.3 Å². The standard InChI is InChI=1S/C29H37N3O3S/c1-5-7-23-8-6-9-25(14-23)27-17-30-29(36-27)31-18-21(3)32(22(4)19-31)12-13-35-26-15-24(16-28(33)34)11-10-20(26)2/h6,8-11,14-15,17,21-22H,5,7,12-13,16,18-19H2,1-4H3,(H,33,34)/t21-,22+. The number of aromatic nitrogens is 1. The Morgan fingerprint density at radius 1 is 1.14 bits per heavy atom. The normalized spacial score (nSPS) is 18.4. The molecule has 192 valence electrons. The highest BCUT2D eigenvalue weighted by atomic mass is 32.1. The second kappa shape index (κ2) is 11.9. The Labute approximate surface area is 218 Å². The van der Waals surface area contributed by atoms with Crippen LogP contribution in [-0.4, -0.2) is 59.3 Å². The molecule has 1 N–H and O–H groups in total. The second-order valence-corrected chi connectivity index (χ2v) is 10.8. The summed E-state index contributed by atoms with van der Waals surface area (Å²) in [6.45, 7) is 12.0. The molecule has 0 spiro atoms. The summed E-state index contributed by atoms with van der Waals surface area (Å²) in [5, 5.41) is 10.2. The molecule has 2 heterocycles. The third-order valence-electron chi connectivity index (χ3n) is 6.83. The van der Waals surface area contributed by atoms with E-state index in [0.717, 1.165) is 54.5 Å². The van der Waals surface area contributed by atoms with Crippen molar-refractivity contribution in [3.63, 3.8) is 0 Å². The topological polar surface area (TPSA) is 65.9 Å². The molecule has 4 rings (SSSR count). The molecule has 3 aromatic rings. The van der Waals surface area contributed by atoms with Crippen LogP contribution >= 0.6 is 11.3 Å². The maximum absolute atomic E-state index is 11.0. The van der Waals surface area contributed by atoms with Crippen molar-refractivity contribution >= 4 is 22.4 Å². The van der Waals surface area contributed by atoms with Crippen LogP contribution in [0.3, 0.4) is 0 Å². The zero-order valence-corrected chi connectivity index (χ0v) is 22.6. The Balaban J connectivity index is 1.34. The van der Waals surface area contributed by atoms with E-state index in [1.54, 1.807) is 11.3 Å². The lowest BCUT2D eigenvalue weighted by atomic mass is 10.1. The maximum atomic E-state index is 11.0. The van der Waals surface area contributed by atoms with Crippen molar-refractivity contribution in [1.82, 2.24) is 9.88 Å². The summed E-state index contributed by atoms with van der Waals surface area (Å²) in [5.41, 5.74) is 4.42. The minimum atomic E-state index is -0.831. The molecular weight excluding hydrogens is 470 g/mol. The molecule has 1 saturated heterocycles. The number of thiazole rings is 1. The van der Waals surface area contributed by atoms with E-state index in [4.69, 9.17) is 14.8 Å². The molecule has 2 atom stereocenters. The van der Waals surface area contributed by atoms with Crippen LogP contribution in [0.5, 0.6) is 5.75 Å². The van der Waals surface area contributed by atoms with E-state index < -0.39 is 5.97 Å². The molecule has 36 heavy (non-hydrogen) atoms. The van der Waals surface area contributed by atoms with Gasteiger partial charge in [0.2, 0.25) is 0 Å². The SMILES string of the molecule is CCCc1cccc(-c2cnc(N3C[C@@H](C)N(CCOc4cc(CC(=O)O)ccc4C)[C@@H](C)C3)s2)c1. The van der Waals surface area contributed by atoms with Crippen LogP contribution in [-0.2, 0) is 17.6 Å². The maximum Gasteiger partial charge on any atom is 0.307 e. The van der Waals surface area contributed by atoms with Gasteiger partial charge in [-0.25, -0.2) is 4.98 Å². The zero-order chi connectivity index (χ0) is 25.7. The minimum Gasteiger partial charge on any atom is -0.492 e. The van der Waals surface area contributed by atoms with Gasteiger partial charge in [-0.2, -0.15) is 0 Å². The van der Waals surface area contributed by atoms with Crippen LogP contribution in [0.1, 0.15) is 43.9 Å². The summed E-state index contributed by atoms with van der Waals surface area (Å²) in [7, 11) is 0. The fourth-order valence-electron chi connectivity index (χ4n) is 5.01. The van der Waals surface area contributed by atoms with E-state index in [-0.39, 0.29) is 6.42 Å². The highest BCUT2D eigenvalue weighted by Gasteiger charge is 2.30. The van der Waals surface area contributed by atoms with Gasteiger partial charge < -0.3 is 14.7 Å². The first kappa shape index (κ1) is 26.2. The van der Waals surface area contributed by atoms with Gasteiger partial charge >= 0.3 is 5.97 Å². The van der Waals surface area contributed by atoms with Gasteiger partial charge in [-0.1, -0.05) is 61.1 Å². The average molecular weight is 508 g/mol. The van der Waals surface area contributed by atoms with Crippen molar-refractivity contribution in [3.8, 4) is 16.2 Å². The molecule has 1 aromatic heterocycles. The number of hydrogen-bond donors (Lipinski definition) is 1. The third kappa shape index (κ3) is 6.45. The van der Waals surface area contributed by atoms with Crippen molar-refractivity contribution in [3.05, 3.63) is 65.4 Å². The van der Waals surface area contributed by atoms with Crippen molar-refractivity contribution in [2.45, 2.75) is 59.0 Å². The number of hydrogen-bond acceptors (Lipinski definition) is 6. The number of aryl methyl sites for hydroxylation is 2. The van der Waals surface area contributed by atoms with Gasteiger partial charge in [-0.3, -0.25) is 9.69 Å². The Bertz CT molecular complexity index is 1170. The van der Waals surface area contributed by atoms with Gasteiger partial charge in [0.25, 0.3) is 0 Å². The molecule has 1 aliphatic heterocycles. The predicted molar refractivity (Wildman–Crippen MR) is 147 cm³/mol. The number of benzene rings is 2. The molecule has 0 amide bonds. The lowest BCUT2D eigenvalue weighted by Crippen LogP contribution is -2.57. The van der Waals surface area contributed by atoms with Crippen LogP contribution in [0.2, 0.25) is 0 Å². The Morgan fingerprint density at radius 2 is 1.92 bits per heavy atom. The summed E-state index contributed by atoms with van der Waals surface area (Å²) in [6.07, 6.45) is 4.28. The number of aliphatic carboxylic acids is 1. The number of carbonyl (C=O) groups is 1. The summed E-state index contributed by atoms with van der Waals surface area (Å²) in [6, 6.07) is 15.2. The van der Waals surface area contributed by atoms with Gasteiger partial charge in [0.1, 0.15) is 12.4 Å². The summed E-state index contributed by atoms with van der Waals surface area (Å²) < 4.78 is 6.09. The van der Waals surface area contributed by atoms with Crippen molar-refractivity contribution in [2.75, 3.05) is 31.1 Å². The molecule has 7 heteroatoms. The smallest absolute Gasteiger partial charge is 0.307 e. The molecule has 0 unspecified atom stereocenters. The first-order valence-electron chi connectivity index (χ1n) is 12.8. The Hall–Kier alpha value is -2.90. The number of carboxylic acid groups (broad SMARTS) is 1. The lowest BCUT2D eigenvalue weighted by molar-refractivity contribution is -0.136. The zero-order valence-electron chi connectivity index (χ0n) is 21.7. The minimum absolute atomic E-state index is 0.00924. The summed E-state index contributed by atoms with van der Waals surface area (Å²) in [4.78, 5) is 22.0. The summed E-state index contributed by atoms with van der Waals surface area (Å²) >= 11 is 1.78. The first-order valence-corrected chi connectivity index (χ1v) is 13.7. The number of carboxylic acids is 1. The van der Waals surface area contributed by atoms with Gasteiger partial charge in [-0.15, -0.1) is 0 Å². The highest BCUT2D eigenvalue weighted by molar-refractivity contribution is 7.18. The molecule has 0 saturated carbocycles. The molecule has 0 bridgehead atoms. The summed E-state index contributed by atoms with van der Waals surface area (Å²) in [5.74, 6) is -0.0614. The fraction of sp³-hybridized carbons (Fsp3) is 0.448.